The van der Waals surface area contributed by atoms with E-state index in [2.05, 4.69) is 29.6 Å². The third kappa shape index (κ3) is 3.48. The fourth-order valence-electron chi connectivity index (χ4n) is 2.39. The van der Waals surface area contributed by atoms with E-state index in [0.717, 1.165) is 11.1 Å². The molecular formula is C19H17NO. The molecule has 21 heavy (non-hydrogen) atoms. The number of nitrogens with one attached hydrogen (secondary N) is 1. The Kier molecular flexibility index (Phi) is 3.97. The van der Waals surface area contributed by atoms with Crippen LogP contribution in [0.4, 0.5) is 0 Å². The molecule has 0 atom stereocenters. The van der Waals surface area contributed by atoms with Crippen molar-refractivity contribution in [3.63, 3.8) is 0 Å². The lowest BCUT2D eigenvalue weighted by molar-refractivity contribution is -0.120. The van der Waals surface area contributed by atoms with E-state index in [9.17, 15) is 4.79 Å². The van der Waals surface area contributed by atoms with E-state index in [0.29, 0.717) is 13.0 Å². The minimum Gasteiger partial charge on any atom is -0.352 e. The molecule has 0 bridgehead atoms. The van der Waals surface area contributed by atoms with Gasteiger partial charge in [-0.3, -0.25) is 4.79 Å². The SMILES string of the molecule is O=C(Cc1ccc2ccccc2c1)NCc1ccccc1. The molecule has 1 amide bonds. The number of fused-ring (bicyclic) bond motifs is 1. The first kappa shape index (κ1) is 13.4. The van der Waals surface area contributed by atoms with E-state index in [4.69, 9.17) is 0 Å². The van der Waals surface area contributed by atoms with Gasteiger partial charge in [-0.05, 0) is 21.9 Å². The molecule has 0 fully saturated rings. The Labute approximate surface area is 124 Å². The molecule has 3 aromatic rings. The van der Waals surface area contributed by atoms with Gasteiger partial charge in [0.1, 0.15) is 0 Å². The first-order valence-electron chi connectivity index (χ1n) is 7.09. The summed E-state index contributed by atoms with van der Waals surface area (Å²) < 4.78 is 0. The topological polar surface area (TPSA) is 29.1 Å². The highest BCUT2D eigenvalue weighted by atomic mass is 16.1. The van der Waals surface area contributed by atoms with Crippen molar-refractivity contribution in [2.45, 2.75) is 13.0 Å². The fourth-order valence-corrected chi connectivity index (χ4v) is 2.39. The van der Waals surface area contributed by atoms with E-state index in [1.165, 1.54) is 10.8 Å². The van der Waals surface area contributed by atoms with Crippen LogP contribution in [-0.2, 0) is 17.8 Å². The van der Waals surface area contributed by atoms with Gasteiger partial charge in [-0.1, -0.05) is 72.8 Å². The number of carbonyl (C=O) groups excluding carboxylic acids is 1. The second-order valence-corrected chi connectivity index (χ2v) is 5.12. The summed E-state index contributed by atoms with van der Waals surface area (Å²) >= 11 is 0. The van der Waals surface area contributed by atoms with E-state index >= 15 is 0 Å². The average Bonchev–Trinajstić information content (AvgIpc) is 2.54. The molecule has 0 saturated heterocycles. The van der Waals surface area contributed by atoms with Crippen molar-refractivity contribution in [1.82, 2.24) is 5.32 Å². The van der Waals surface area contributed by atoms with Gasteiger partial charge in [0, 0.05) is 6.54 Å². The third-order valence-electron chi connectivity index (χ3n) is 3.51. The minimum absolute atomic E-state index is 0.0501. The first-order valence-corrected chi connectivity index (χ1v) is 7.09. The summed E-state index contributed by atoms with van der Waals surface area (Å²) in [7, 11) is 0. The smallest absolute Gasteiger partial charge is 0.224 e. The van der Waals surface area contributed by atoms with Crippen LogP contribution in [0.25, 0.3) is 10.8 Å². The molecular weight excluding hydrogens is 258 g/mol. The monoisotopic (exact) mass is 275 g/mol. The van der Waals surface area contributed by atoms with Gasteiger partial charge in [0.2, 0.25) is 5.91 Å². The molecule has 104 valence electrons. The Morgan fingerprint density at radius 3 is 2.29 bits per heavy atom. The quantitative estimate of drug-likeness (QED) is 0.773. The van der Waals surface area contributed by atoms with Gasteiger partial charge < -0.3 is 5.32 Å². The lowest BCUT2D eigenvalue weighted by Gasteiger charge is -2.06. The molecule has 2 nitrogen and oxygen atoms in total. The molecule has 0 heterocycles. The molecule has 0 saturated carbocycles. The molecule has 3 aromatic carbocycles. The van der Waals surface area contributed by atoms with E-state index in [-0.39, 0.29) is 5.91 Å². The third-order valence-corrected chi connectivity index (χ3v) is 3.51. The van der Waals surface area contributed by atoms with Crippen LogP contribution in [0, 0.1) is 0 Å². The molecule has 0 radical (unpaired) electrons. The zero-order valence-corrected chi connectivity index (χ0v) is 11.8. The van der Waals surface area contributed by atoms with Gasteiger partial charge in [0.05, 0.1) is 6.42 Å². The molecule has 0 unspecified atom stereocenters. The summed E-state index contributed by atoms with van der Waals surface area (Å²) in [4.78, 5) is 12.0. The maximum atomic E-state index is 12.0. The summed E-state index contributed by atoms with van der Waals surface area (Å²) in [5.41, 5.74) is 2.16. The van der Waals surface area contributed by atoms with Gasteiger partial charge in [0.15, 0.2) is 0 Å². The summed E-state index contributed by atoms with van der Waals surface area (Å²) in [6.07, 6.45) is 0.414. The molecule has 0 spiro atoms. The zero-order valence-electron chi connectivity index (χ0n) is 11.8. The lowest BCUT2D eigenvalue weighted by atomic mass is 10.0. The molecule has 0 aromatic heterocycles. The normalized spacial score (nSPS) is 10.5. The van der Waals surface area contributed by atoms with Crippen LogP contribution in [0.1, 0.15) is 11.1 Å². The van der Waals surface area contributed by atoms with E-state index in [1.54, 1.807) is 0 Å². The summed E-state index contributed by atoms with van der Waals surface area (Å²) in [6, 6.07) is 24.3. The second kappa shape index (κ2) is 6.23. The Hall–Kier alpha value is -2.61. The van der Waals surface area contributed by atoms with Crippen LogP contribution in [0.2, 0.25) is 0 Å². The molecule has 0 aliphatic carbocycles. The summed E-state index contributed by atoms with van der Waals surface area (Å²) in [6.45, 7) is 0.577. The summed E-state index contributed by atoms with van der Waals surface area (Å²) in [5, 5.41) is 5.33. The van der Waals surface area contributed by atoms with Crippen LogP contribution < -0.4 is 5.32 Å². The van der Waals surface area contributed by atoms with Crippen LogP contribution in [0.3, 0.4) is 0 Å². The fraction of sp³-hybridized carbons (Fsp3) is 0.105. The van der Waals surface area contributed by atoms with Crippen LogP contribution in [-0.4, -0.2) is 5.91 Å². The van der Waals surface area contributed by atoms with Gasteiger partial charge >= 0.3 is 0 Å². The van der Waals surface area contributed by atoms with Crippen molar-refractivity contribution >= 4 is 16.7 Å². The van der Waals surface area contributed by atoms with Crippen LogP contribution in [0.5, 0.6) is 0 Å². The van der Waals surface area contributed by atoms with Gasteiger partial charge in [0.25, 0.3) is 0 Å². The maximum absolute atomic E-state index is 12.0. The van der Waals surface area contributed by atoms with Crippen molar-refractivity contribution in [2.75, 3.05) is 0 Å². The first-order chi connectivity index (χ1) is 10.3. The summed E-state index contributed by atoms with van der Waals surface area (Å²) in [5.74, 6) is 0.0501. The number of amides is 1. The van der Waals surface area contributed by atoms with Crippen molar-refractivity contribution in [3.05, 3.63) is 83.9 Å². The molecule has 3 rings (SSSR count). The largest absolute Gasteiger partial charge is 0.352 e. The molecule has 0 aliphatic heterocycles. The van der Waals surface area contributed by atoms with E-state index in [1.807, 2.05) is 48.5 Å². The molecule has 2 heteroatoms. The highest BCUT2D eigenvalue weighted by molar-refractivity contribution is 5.85. The Balaban J connectivity index is 1.63. The highest BCUT2D eigenvalue weighted by Gasteiger charge is 2.04. The van der Waals surface area contributed by atoms with Crippen molar-refractivity contribution in [2.24, 2.45) is 0 Å². The van der Waals surface area contributed by atoms with Gasteiger partial charge in [-0.15, -0.1) is 0 Å². The second-order valence-electron chi connectivity index (χ2n) is 5.12. The Morgan fingerprint density at radius 2 is 1.48 bits per heavy atom. The Morgan fingerprint density at radius 1 is 0.762 bits per heavy atom. The van der Waals surface area contributed by atoms with E-state index < -0.39 is 0 Å². The maximum Gasteiger partial charge on any atom is 0.224 e. The standard InChI is InChI=1S/C19H17NO/c21-19(20-14-15-6-2-1-3-7-15)13-16-10-11-17-8-4-5-9-18(17)12-16/h1-12H,13-14H2,(H,20,21). The number of carbonyl (C=O) groups is 1. The van der Waals surface area contributed by atoms with Crippen molar-refractivity contribution < 1.29 is 4.79 Å². The zero-order chi connectivity index (χ0) is 14.5. The lowest BCUT2D eigenvalue weighted by Crippen LogP contribution is -2.24. The number of benzene rings is 3. The van der Waals surface area contributed by atoms with Gasteiger partial charge in [-0.2, -0.15) is 0 Å². The number of hydrogen-bond acceptors (Lipinski definition) is 1. The number of hydrogen-bond donors (Lipinski definition) is 1. The van der Waals surface area contributed by atoms with Crippen molar-refractivity contribution in [1.29, 1.82) is 0 Å². The number of rotatable bonds is 4. The van der Waals surface area contributed by atoms with Gasteiger partial charge in [-0.25, -0.2) is 0 Å². The predicted octanol–water partition coefficient (Wildman–Crippen LogP) is 3.70. The average molecular weight is 275 g/mol. The molecule has 0 aliphatic rings. The van der Waals surface area contributed by atoms with Crippen LogP contribution >= 0.6 is 0 Å². The van der Waals surface area contributed by atoms with Crippen LogP contribution in [0.15, 0.2) is 72.8 Å². The minimum atomic E-state index is 0.0501. The highest BCUT2D eigenvalue weighted by Crippen LogP contribution is 2.15. The van der Waals surface area contributed by atoms with Crippen molar-refractivity contribution in [3.8, 4) is 0 Å². The Bertz CT molecular complexity index is 750. The molecule has 1 N–H and O–H groups in total. The predicted molar refractivity (Wildman–Crippen MR) is 85.9 cm³/mol.